The second-order valence-electron chi connectivity index (χ2n) is 8.99. The van der Waals surface area contributed by atoms with Crippen molar-refractivity contribution in [2.24, 2.45) is 28.6 Å². The lowest BCUT2D eigenvalue weighted by Gasteiger charge is -2.63. The first-order valence-corrected chi connectivity index (χ1v) is 8.85. The summed E-state index contributed by atoms with van der Waals surface area (Å²) in [5, 5.41) is 9.21. The van der Waals surface area contributed by atoms with E-state index in [1.165, 1.54) is 19.3 Å². The highest BCUT2D eigenvalue weighted by molar-refractivity contribution is 5.76. The first-order valence-electron chi connectivity index (χ1n) is 8.85. The van der Waals surface area contributed by atoms with Crippen molar-refractivity contribution in [3.63, 3.8) is 0 Å². The Morgan fingerprint density at radius 3 is 2.36 bits per heavy atom. The van der Waals surface area contributed by atoms with E-state index in [9.17, 15) is 10.1 Å². The van der Waals surface area contributed by atoms with Gasteiger partial charge in [0.1, 0.15) is 5.60 Å². The lowest BCUT2D eigenvalue weighted by atomic mass is 9.44. The van der Waals surface area contributed by atoms with Crippen molar-refractivity contribution in [2.75, 3.05) is 0 Å². The van der Waals surface area contributed by atoms with Crippen molar-refractivity contribution in [1.29, 1.82) is 5.26 Å². The van der Waals surface area contributed by atoms with Crippen molar-refractivity contribution >= 4 is 5.97 Å². The van der Waals surface area contributed by atoms with Gasteiger partial charge in [-0.15, -0.1) is 0 Å². The summed E-state index contributed by atoms with van der Waals surface area (Å²) < 4.78 is 6.17. The van der Waals surface area contributed by atoms with Crippen LogP contribution in [0.15, 0.2) is 0 Å². The van der Waals surface area contributed by atoms with Gasteiger partial charge in [-0.3, -0.25) is 4.79 Å². The number of hydrogen-bond donors (Lipinski definition) is 0. The first-order chi connectivity index (χ1) is 10.2. The summed E-state index contributed by atoms with van der Waals surface area (Å²) in [6.45, 7) is 8.17. The van der Waals surface area contributed by atoms with E-state index in [0.717, 1.165) is 25.2 Å². The predicted octanol–water partition coefficient (Wildman–Crippen LogP) is 4.46. The van der Waals surface area contributed by atoms with Gasteiger partial charge in [-0.2, -0.15) is 5.26 Å². The molecule has 2 atom stereocenters. The molecule has 0 N–H and O–H groups in total. The molecule has 4 rings (SSSR count). The van der Waals surface area contributed by atoms with E-state index >= 15 is 0 Å². The van der Waals surface area contributed by atoms with Crippen molar-refractivity contribution < 1.29 is 9.53 Å². The van der Waals surface area contributed by atoms with E-state index in [4.69, 9.17) is 4.74 Å². The Bertz CT molecular complexity index is 500. The third kappa shape index (κ3) is 2.27. The third-order valence-corrected chi connectivity index (χ3v) is 7.14. The second kappa shape index (κ2) is 4.98. The lowest BCUT2D eigenvalue weighted by molar-refractivity contribution is -0.224. The van der Waals surface area contributed by atoms with Gasteiger partial charge in [-0.05, 0) is 82.5 Å². The molecular weight excluding hydrogens is 274 g/mol. The average Bonchev–Trinajstić information content (AvgIpc) is 2.44. The van der Waals surface area contributed by atoms with Crippen LogP contribution in [0.2, 0.25) is 0 Å². The van der Waals surface area contributed by atoms with E-state index in [0.29, 0.717) is 18.3 Å². The zero-order valence-corrected chi connectivity index (χ0v) is 14.4. The molecule has 3 heteroatoms. The molecule has 0 radical (unpaired) electrons. The highest BCUT2D eigenvalue weighted by Crippen LogP contribution is 2.65. The van der Waals surface area contributed by atoms with Gasteiger partial charge in [0, 0.05) is 6.42 Å². The third-order valence-electron chi connectivity index (χ3n) is 7.14. The van der Waals surface area contributed by atoms with Gasteiger partial charge in [-0.25, -0.2) is 0 Å². The summed E-state index contributed by atoms with van der Waals surface area (Å²) >= 11 is 0. The van der Waals surface area contributed by atoms with Crippen LogP contribution in [0.5, 0.6) is 0 Å². The molecule has 0 aromatic carbocycles. The molecule has 0 saturated heterocycles. The highest BCUT2D eigenvalue weighted by atomic mass is 16.6. The molecule has 4 aliphatic rings. The first kappa shape index (κ1) is 15.8. The van der Waals surface area contributed by atoms with Crippen LogP contribution < -0.4 is 0 Å². The van der Waals surface area contributed by atoms with Gasteiger partial charge in [0.15, 0.2) is 0 Å². The molecule has 4 bridgehead atoms. The van der Waals surface area contributed by atoms with Crippen LogP contribution in [0.1, 0.15) is 72.6 Å². The molecule has 122 valence electrons. The number of nitrogens with zero attached hydrogens (tertiary/aromatic N) is 1. The van der Waals surface area contributed by atoms with Gasteiger partial charge >= 0.3 is 5.97 Å². The Balaban J connectivity index is 1.82. The smallest absolute Gasteiger partial charge is 0.312 e. The SMILES string of the molecule is CCC(C)(C)C(=O)OC1(C)C2CC3CC1CC(CC#N)(C3)C2. The molecule has 22 heavy (non-hydrogen) atoms. The highest BCUT2D eigenvalue weighted by Gasteiger charge is 2.62. The fourth-order valence-electron chi connectivity index (χ4n) is 5.38. The van der Waals surface area contributed by atoms with Crippen molar-refractivity contribution in [2.45, 2.75) is 78.2 Å². The molecule has 0 aromatic rings. The van der Waals surface area contributed by atoms with Crippen LogP contribution in [-0.4, -0.2) is 11.6 Å². The Morgan fingerprint density at radius 1 is 1.27 bits per heavy atom. The molecule has 0 aliphatic heterocycles. The molecule has 0 aromatic heterocycles. The number of carbonyl (C=O) groups excluding carboxylic acids is 1. The lowest BCUT2D eigenvalue weighted by Crippen LogP contribution is -2.61. The van der Waals surface area contributed by atoms with Gasteiger partial charge in [-0.1, -0.05) is 6.92 Å². The Hall–Kier alpha value is -1.04. The number of ether oxygens (including phenoxy) is 1. The fourth-order valence-corrected chi connectivity index (χ4v) is 5.38. The average molecular weight is 303 g/mol. The molecule has 3 nitrogen and oxygen atoms in total. The molecule has 4 saturated carbocycles. The van der Waals surface area contributed by atoms with E-state index in [-0.39, 0.29) is 17.0 Å². The largest absolute Gasteiger partial charge is 0.458 e. The number of esters is 1. The number of carbonyl (C=O) groups is 1. The van der Waals surface area contributed by atoms with Crippen molar-refractivity contribution in [3.05, 3.63) is 0 Å². The van der Waals surface area contributed by atoms with Gasteiger partial charge in [0.2, 0.25) is 0 Å². The maximum absolute atomic E-state index is 12.6. The summed E-state index contributed by atoms with van der Waals surface area (Å²) in [6, 6.07) is 2.42. The van der Waals surface area contributed by atoms with E-state index in [2.05, 4.69) is 13.0 Å². The minimum absolute atomic E-state index is 0.0423. The van der Waals surface area contributed by atoms with E-state index in [1.807, 2.05) is 20.8 Å². The summed E-state index contributed by atoms with van der Waals surface area (Å²) in [5.74, 6) is 1.60. The van der Waals surface area contributed by atoms with Crippen LogP contribution in [0.3, 0.4) is 0 Å². The molecule has 0 amide bonds. The van der Waals surface area contributed by atoms with Gasteiger partial charge in [0.25, 0.3) is 0 Å². The normalized spacial score (nSPS) is 43.0. The monoisotopic (exact) mass is 303 g/mol. The summed E-state index contributed by atoms with van der Waals surface area (Å²) in [4.78, 5) is 12.6. The van der Waals surface area contributed by atoms with Crippen LogP contribution >= 0.6 is 0 Å². The van der Waals surface area contributed by atoms with E-state index in [1.54, 1.807) is 0 Å². The summed E-state index contributed by atoms with van der Waals surface area (Å²) in [7, 11) is 0. The van der Waals surface area contributed by atoms with Crippen LogP contribution in [0.4, 0.5) is 0 Å². The molecular formula is C19H29NO2. The van der Waals surface area contributed by atoms with Crippen molar-refractivity contribution in [1.82, 2.24) is 0 Å². The van der Waals surface area contributed by atoms with E-state index < -0.39 is 5.41 Å². The second-order valence-corrected chi connectivity index (χ2v) is 8.99. The molecule has 0 heterocycles. The summed E-state index contributed by atoms with van der Waals surface area (Å²) in [5.41, 5.74) is -0.487. The Labute approximate surface area is 134 Å². The fraction of sp³-hybridized carbons (Fsp3) is 0.895. The Kier molecular flexibility index (Phi) is 3.59. The maximum atomic E-state index is 12.6. The predicted molar refractivity (Wildman–Crippen MR) is 84.8 cm³/mol. The minimum atomic E-state index is -0.401. The minimum Gasteiger partial charge on any atom is -0.458 e. The van der Waals surface area contributed by atoms with Crippen LogP contribution in [-0.2, 0) is 9.53 Å². The van der Waals surface area contributed by atoms with Crippen LogP contribution in [0, 0.1) is 39.9 Å². The molecule has 2 unspecified atom stereocenters. The van der Waals surface area contributed by atoms with Gasteiger partial charge in [0.05, 0.1) is 11.5 Å². The number of nitriles is 1. The topological polar surface area (TPSA) is 50.1 Å². The quantitative estimate of drug-likeness (QED) is 0.720. The van der Waals surface area contributed by atoms with Gasteiger partial charge < -0.3 is 4.74 Å². The zero-order valence-electron chi connectivity index (χ0n) is 14.4. The van der Waals surface area contributed by atoms with Crippen molar-refractivity contribution in [3.8, 4) is 6.07 Å². The standard InChI is InChI=1S/C19H29NO2/c1-5-17(2,3)16(21)22-18(4)14-8-13-9-15(18)12-19(10-13,11-14)6-7-20/h13-15H,5-6,8-12H2,1-4H3. The molecule has 4 fully saturated rings. The zero-order chi connectivity index (χ0) is 16.2. The molecule has 0 spiro atoms. The Morgan fingerprint density at radius 2 is 1.86 bits per heavy atom. The molecule has 4 aliphatic carbocycles. The number of hydrogen-bond acceptors (Lipinski definition) is 3. The maximum Gasteiger partial charge on any atom is 0.312 e. The number of rotatable bonds is 4. The van der Waals surface area contributed by atoms with Crippen LogP contribution in [0.25, 0.3) is 0 Å². The summed E-state index contributed by atoms with van der Waals surface area (Å²) in [6.07, 6.45) is 7.21.